The molecule has 116 valence electrons. The van der Waals surface area contributed by atoms with Gasteiger partial charge in [-0.05, 0) is 59.9 Å². The molecule has 0 spiro atoms. The Balaban J connectivity index is 1.89. The first-order valence-electron chi connectivity index (χ1n) is 7.91. The van der Waals surface area contributed by atoms with Gasteiger partial charge in [0.05, 0.1) is 5.56 Å². The molecule has 1 fully saturated rings. The van der Waals surface area contributed by atoms with Crippen LogP contribution in [-0.2, 0) is 0 Å². The second-order valence-electron chi connectivity index (χ2n) is 5.70. The highest BCUT2D eigenvalue weighted by atomic mass is 79.9. The van der Waals surface area contributed by atoms with Crippen LogP contribution in [0.25, 0.3) is 0 Å². The van der Waals surface area contributed by atoms with E-state index in [9.17, 15) is 4.79 Å². The molecule has 0 atom stereocenters. The number of halogens is 1. The summed E-state index contributed by atoms with van der Waals surface area (Å²) in [5.41, 5.74) is 0.777. The van der Waals surface area contributed by atoms with Gasteiger partial charge >= 0.3 is 0 Å². The normalized spacial score (nSPS) is 16.5. The van der Waals surface area contributed by atoms with Gasteiger partial charge in [0.2, 0.25) is 0 Å². The lowest BCUT2D eigenvalue weighted by atomic mass is 9.95. The maximum absolute atomic E-state index is 12.5. The fourth-order valence-corrected chi connectivity index (χ4v) is 3.42. The van der Waals surface area contributed by atoms with Crippen LogP contribution in [0.1, 0.15) is 37.0 Å². The van der Waals surface area contributed by atoms with Gasteiger partial charge in [0.25, 0.3) is 5.91 Å². The Hall–Kier alpha value is -0.870. The summed E-state index contributed by atoms with van der Waals surface area (Å²) in [5, 5.41) is 0. The molecule has 0 saturated carbocycles. The Morgan fingerprint density at radius 2 is 1.86 bits per heavy atom. The van der Waals surface area contributed by atoms with Crippen LogP contribution in [0.4, 0.5) is 0 Å². The summed E-state index contributed by atoms with van der Waals surface area (Å²) in [4.78, 5) is 17.0. The molecule has 1 aromatic rings. The molecule has 0 unspecified atom stereocenters. The molecule has 0 aliphatic carbocycles. The van der Waals surface area contributed by atoms with Crippen LogP contribution in [0.2, 0.25) is 0 Å². The predicted molar refractivity (Wildman–Crippen MR) is 90.6 cm³/mol. The molecule has 1 saturated heterocycles. The van der Waals surface area contributed by atoms with Crippen molar-refractivity contribution in [2.45, 2.75) is 26.7 Å². The minimum absolute atomic E-state index is 0.156. The maximum atomic E-state index is 12.5. The minimum Gasteiger partial charge on any atom is -0.339 e. The quantitative estimate of drug-likeness (QED) is 0.807. The summed E-state index contributed by atoms with van der Waals surface area (Å²) in [7, 11) is 0. The van der Waals surface area contributed by atoms with E-state index in [1.54, 1.807) is 0 Å². The van der Waals surface area contributed by atoms with Crippen molar-refractivity contribution in [2.24, 2.45) is 5.92 Å². The average molecular weight is 353 g/mol. The molecule has 2 rings (SSSR count). The second kappa shape index (κ2) is 7.95. The highest BCUT2D eigenvalue weighted by Crippen LogP contribution is 2.23. The Labute approximate surface area is 136 Å². The van der Waals surface area contributed by atoms with Gasteiger partial charge < -0.3 is 9.80 Å². The number of rotatable bonds is 5. The van der Waals surface area contributed by atoms with Crippen molar-refractivity contribution in [3.05, 3.63) is 34.3 Å². The predicted octanol–water partition coefficient (Wildman–Crippen LogP) is 3.64. The van der Waals surface area contributed by atoms with E-state index in [-0.39, 0.29) is 5.91 Å². The van der Waals surface area contributed by atoms with E-state index in [1.807, 2.05) is 29.2 Å². The van der Waals surface area contributed by atoms with Gasteiger partial charge in [-0.3, -0.25) is 4.79 Å². The van der Waals surface area contributed by atoms with Crippen molar-refractivity contribution in [3.63, 3.8) is 0 Å². The van der Waals surface area contributed by atoms with Crippen LogP contribution in [0, 0.1) is 5.92 Å². The van der Waals surface area contributed by atoms with Crippen LogP contribution >= 0.6 is 15.9 Å². The van der Waals surface area contributed by atoms with E-state index in [0.29, 0.717) is 0 Å². The molecule has 1 aliphatic heterocycles. The second-order valence-corrected chi connectivity index (χ2v) is 6.56. The van der Waals surface area contributed by atoms with E-state index in [0.717, 1.165) is 55.0 Å². The summed E-state index contributed by atoms with van der Waals surface area (Å²) >= 11 is 3.47. The van der Waals surface area contributed by atoms with Crippen molar-refractivity contribution >= 4 is 21.8 Å². The van der Waals surface area contributed by atoms with Crippen LogP contribution in [0.3, 0.4) is 0 Å². The SMILES string of the molecule is CCN(CC)CC1CCN(C(=O)c2ccccc2Br)CC1. The number of carbonyl (C=O) groups is 1. The first kappa shape index (κ1) is 16.5. The Morgan fingerprint density at radius 1 is 1.24 bits per heavy atom. The van der Waals surface area contributed by atoms with Crippen LogP contribution in [-0.4, -0.2) is 48.4 Å². The molecular weight excluding hydrogens is 328 g/mol. The lowest BCUT2D eigenvalue weighted by molar-refractivity contribution is 0.0669. The molecule has 1 aliphatic rings. The van der Waals surface area contributed by atoms with E-state index >= 15 is 0 Å². The van der Waals surface area contributed by atoms with Crippen molar-refractivity contribution in [3.8, 4) is 0 Å². The van der Waals surface area contributed by atoms with Gasteiger partial charge in [0.1, 0.15) is 0 Å². The summed E-state index contributed by atoms with van der Waals surface area (Å²) in [6.45, 7) is 9.60. The molecule has 1 heterocycles. The highest BCUT2D eigenvalue weighted by Gasteiger charge is 2.25. The lowest BCUT2D eigenvalue weighted by Gasteiger charge is -2.34. The van der Waals surface area contributed by atoms with E-state index < -0.39 is 0 Å². The third-order valence-corrected chi connectivity index (χ3v) is 5.11. The largest absolute Gasteiger partial charge is 0.339 e. The smallest absolute Gasteiger partial charge is 0.254 e. The van der Waals surface area contributed by atoms with Gasteiger partial charge in [0, 0.05) is 24.1 Å². The van der Waals surface area contributed by atoms with E-state index in [1.165, 1.54) is 6.54 Å². The lowest BCUT2D eigenvalue weighted by Crippen LogP contribution is -2.41. The standard InChI is InChI=1S/C17H25BrN2O/c1-3-19(4-2)13-14-9-11-20(12-10-14)17(21)15-7-5-6-8-16(15)18/h5-8,14H,3-4,9-13H2,1-2H3. The average Bonchev–Trinajstić information content (AvgIpc) is 2.53. The Bertz CT molecular complexity index is 466. The fourth-order valence-electron chi connectivity index (χ4n) is 2.97. The van der Waals surface area contributed by atoms with Crippen LogP contribution < -0.4 is 0 Å². The fraction of sp³-hybridized carbons (Fsp3) is 0.588. The number of benzene rings is 1. The Kier molecular flexibility index (Phi) is 6.24. The zero-order chi connectivity index (χ0) is 15.2. The van der Waals surface area contributed by atoms with Crippen LogP contribution in [0.15, 0.2) is 28.7 Å². The molecule has 0 bridgehead atoms. The minimum atomic E-state index is 0.156. The molecule has 0 radical (unpaired) electrons. The molecule has 0 N–H and O–H groups in total. The molecule has 21 heavy (non-hydrogen) atoms. The van der Waals surface area contributed by atoms with Crippen molar-refractivity contribution in [1.29, 1.82) is 0 Å². The summed E-state index contributed by atoms with van der Waals surface area (Å²) in [6, 6.07) is 7.69. The van der Waals surface area contributed by atoms with E-state index in [2.05, 4.69) is 34.7 Å². The van der Waals surface area contributed by atoms with Gasteiger partial charge in [0.15, 0.2) is 0 Å². The summed E-state index contributed by atoms with van der Waals surface area (Å²) < 4.78 is 0.889. The Morgan fingerprint density at radius 3 is 2.43 bits per heavy atom. The zero-order valence-electron chi connectivity index (χ0n) is 13.0. The number of amides is 1. The first-order valence-corrected chi connectivity index (χ1v) is 8.71. The van der Waals surface area contributed by atoms with E-state index in [4.69, 9.17) is 0 Å². The van der Waals surface area contributed by atoms with Gasteiger partial charge in [-0.25, -0.2) is 0 Å². The summed E-state index contributed by atoms with van der Waals surface area (Å²) in [5.74, 6) is 0.886. The number of carbonyl (C=O) groups excluding carboxylic acids is 1. The molecule has 1 aromatic carbocycles. The molecule has 4 heteroatoms. The topological polar surface area (TPSA) is 23.6 Å². The molecular formula is C17H25BrN2O. The maximum Gasteiger partial charge on any atom is 0.254 e. The molecule has 1 amide bonds. The molecule has 0 aromatic heterocycles. The van der Waals surface area contributed by atoms with Crippen molar-refractivity contribution < 1.29 is 4.79 Å². The van der Waals surface area contributed by atoms with Gasteiger partial charge in [-0.15, -0.1) is 0 Å². The van der Waals surface area contributed by atoms with Crippen LogP contribution in [0.5, 0.6) is 0 Å². The zero-order valence-corrected chi connectivity index (χ0v) is 14.6. The van der Waals surface area contributed by atoms with Gasteiger partial charge in [-0.1, -0.05) is 26.0 Å². The number of piperidine rings is 1. The monoisotopic (exact) mass is 352 g/mol. The first-order chi connectivity index (χ1) is 10.2. The number of likely N-dealkylation sites (tertiary alicyclic amines) is 1. The van der Waals surface area contributed by atoms with Crippen molar-refractivity contribution in [1.82, 2.24) is 9.80 Å². The number of hydrogen-bond acceptors (Lipinski definition) is 2. The third kappa shape index (κ3) is 4.30. The number of nitrogens with zero attached hydrogens (tertiary/aromatic N) is 2. The highest BCUT2D eigenvalue weighted by molar-refractivity contribution is 9.10. The summed E-state index contributed by atoms with van der Waals surface area (Å²) in [6.07, 6.45) is 2.24. The molecule has 3 nitrogen and oxygen atoms in total. The van der Waals surface area contributed by atoms with Crippen molar-refractivity contribution in [2.75, 3.05) is 32.7 Å². The third-order valence-electron chi connectivity index (χ3n) is 4.42. The number of hydrogen-bond donors (Lipinski definition) is 0. The van der Waals surface area contributed by atoms with Gasteiger partial charge in [-0.2, -0.15) is 0 Å².